The molecule has 1 aliphatic rings. The monoisotopic (exact) mass is 170 g/mol. The summed E-state index contributed by atoms with van der Waals surface area (Å²) in [5.41, 5.74) is -0.355. The van der Waals surface area contributed by atoms with Gasteiger partial charge >= 0.3 is 5.97 Å². The first kappa shape index (κ1) is 9.23. The Morgan fingerprint density at radius 3 is 2.50 bits per heavy atom. The SMILES string of the molecule is CC(=O)CCC1C(=O)OC1(C)C. The third-order valence-corrected chi connectivity index (χ3v) is 2.27. The lowest BCUT2D eigenvalue weighted by molar-refractivity contribution is -0.205. The minimum atomic E-state index is -0.355. The molecule has 1 heterocycles. The molecule has 0 aliphatic carbocycles. The molecule has 0 spiro atoms. The summed E-state index contributed by atoms with van der Waals surface area (Å²) in [6.07, 6.45) is 1.10. The second-order valence-electron chi connectivity index (χ2n) is 3.82. The molecule has 3 nitrogen and oxygen atoms in total. The third kappa shape index (κ3) is 1.65. The zero-order valence-corrected chi connectivity index (χ0v) is 7.72. The van der Waals surface area contributed by atoms with Gasteiger partial charge in [-0.3, -0.25) is 4.79 Å². The van der Waals surface area contributed by atoms with E-state index in [2.05, 4.69) is 0 Å². The summed E-state index contributed by atoms with van der Waals surface area (Å²) in [6, 6.07) is 0. The van der Waals surface area contributed by atoms with E-state index in [0.717, 1.165) is 0 Å². The average Bonchev–Trinajstić information content (AvgIpc) is 1.84. The predicted octanol–water partition coefficient (Wildman–Crippen LogP) is 1.31. The van der Waals surface area contributed by atoms with Crippen LogP contribution in [-0.2, 0) is 14.3 Å². The van der Waals surface area contributed by atoms with Crippen LogP contribution in [0, 0.1) is 5.92 Å². The molecular formula is C9H14O3. The van der Waals surface area contributed by atoms with Crippen LogP contribution in [-0.4, -0.2) is 17.4 Å². The number of cyclic esters (lactones) is 1. The molecule has 1 fully saturated rings. The Morgan fingerprint density at radius 2 is 2.17 bits per heavy atom. The molecule has 1 rings (SSSR count). The van der Waals surface area contributed by atoms with Gasteiger partial charge in [-0.25, -0.2) is 0 Å². The summed E-state index contributed by atoms with van der Waals surface area (Å²) in [4.78, 5) is 21.6. The van der Waals surface area contributed by atoms with E-state index in [9.17, 15) is 9.59 Å². The zero-order valence-electron chi connectivity index (χ0n) is 7.72. The van der Waals surface area contributed by atoms with Gasteiger partial charge in [0.2, 0.25) is 0 Å². The molecule has 0 bridgehead atoms. The fourth-order valence-electron chi connectivity index (χ4n) is 1.44. The Hall–Kier alpha value is -0.860. The van der Waals surface area contributed by atoms with Crippen molar-refractivity contribution in [2.45, 2.75) is 39.2 Å². The normalized spacial score (nSPS) is 25.9. The maximum atomic E-state index is 10.9. The highest BCUT2D eigenvalue weighted by Gasteiger charge is 2.48. The standard InChI is InChI=1S/C9H14O3/c1-6(10)4-5-7-8(11)12-9(7,2)3/h7H,4-5H2,1-3H3. The maximum Gasteiger partial charge on any atom is 0.313 e. The number of carbonyl (C=O) groups excluding carboxylic acids is 2. The van der Waals surface area contributed by atoms with Gasteiger partial charge in [0.15, 0.2) is 0 Å². The van der Waals surface area contributed by atoms with E-state index >= 15 is 0 Å². The van der Waals surface area contributed by atoms with Crippen molar-refractivity contribution in [1.29, 1.82) is 0 Å². The summed E-state index contributed by atoms with van der Waals surface area (Å²) in [5.74, 6) is -0.117. The maximum absolute atomic E-state index is 10.9. The molecule has 3 heteroatoms. The number of carbonyl (C=O) groups is 2. The van der Waals surface area contributed by atoms with E-state index in [1.807, 2.05) is 13.8 Å². The van der Waals surface area contributed by atoms with Gasteiger partial charge in [0.25, 0.3) is 0 Å². The summed E-state index contributed by atoms with van der Waals surface area (Å²) in [6.45, 7) is 5.29. The van der Waals surface area contributed by atoms with E-state index in [0.29, 0.717) is 12.8 Å². The number of ketones is 1. The molecule has 1 atom stereocenters. The van der Waals surface area contributed by atoms with E-state index in [1.165, 1.54) is 6.92 Å². The van der Waals surface area contributed by atoms with Crippen molar-refractivity contribution in [3.8, 4) is 0 Å². The molecular weight excluding hydrogens is 156 g/mol. The fourth-order valence-corrected chi connectivity index (χ4v) is 1.44. The fraction of sp³-hybridized carbons (Fsp3) is 0.778. The molecule has 0 saturated carbocycles. The van der Waals surface area contributed by atoms with E-state index < -0.39 is 0 Å². The molecule has 1 aliphatic heterocycles. The molecule has 68 valence electrons. The molecule has 0 radical (unpaired) electrons. The van der Waals surface area contributed by atoms with Crippen molar-refractivity contribution in [2.75, 3.05) is 0 Å². The summed E-state index contributed by atoms with van der Waals surface area (Å²) >= 11 is 0. The van der Waals surface area contributed by atoms with Crippen LogP contribution in [0.15, 0.2) is 0 Å². The highest BCUT2D eigenvalue weighted by atomic mass is 16.6. The van der Waals surface area contributed by atoms with Gasteiger partial charge in [0.1, 0.15) is 11.4 Å². The van der Waals surface area contributed by atoms with Crippen LogP contribution >= 0.6 is 0 Å². The van der Waals surface area contributed by atoms with Crippen molar-refractivity contribution >= 4 is 11.8 Å². The van der Waals surface area contributed by atoms with Crippen molar-refractivity contribution in [3.63, 3.8) is 0 Å². The quantitative estimate of drug-likeness (QED) is 0.600. The van der Waals surface area contributed by atoms with Gasteiger partial charge in [-0.15, -0.1) is 0 Å². The lowest BCUT2D eigenvalue weighted by Crippen LogP contribution is -2.53. The van der Waals surface area contributed by atoms with Gasteiger partial charge < -0.3 is 9.53 Å². The van der Waals surface area contributed by atoms with E-state index in [-0.39, 0.29) is 23.3 Å². The highest BCUT2D eigenvalue weighted by molar-refractivity contribution is 5.81. The Labute approximate surface area is 72.1 Å². The number of rotatable bonds is 3. The number of hydrogen-bond acceptors (Lipinski definition) is 3. The van der Waals surface area contributed by atoms with Crippen molar-refractivity contribution in [1.82, 2.24) is 0 Å². The van der Waals surface area contributed by atoms with Crippen LogP contribution in [0.1, 0.15) is 33.6 Å². The minimum Gasteiger partial charge on any atom is -0.458 e. The number of hydrogen-bond donors (Lipinski definition) is 0. The van der Waals surface area contributed by atoms with Gasteiger partial charge in [-0.05, 0) is 27.2 Å². The van der Waals surface area contributed by atoms with Crippen molar-refractivity contribution in [3.05, 3.63) is 0 Å². The van der Waals surface area contributed by atoms with Gasteiger partial charge in [-0.2, -0.15) is 0 Å². The second kappa shape index (κ2) is 2.88. The lowest BCUT2D eigenvalue weighted by atomic mass is 9.81. The minimum absolute atomic E-state index is 0.0820. The topological polar surface area (TPSA) is 43.4 Å². The second-order valence-corrected chi connectivity index (χ2v) is 3.82. The number of Topliss-reactive ketones (excluding diaryl/α,β-unsaturated/α-hetero) is 1. The average molecular weight is 170 g/mol. The molecule has 1 unspecified atom stereocenters. The first-order valence-corrected chi connectivity index (χ1v) is 4.16. The van der Waals surface area contributed by atoms with E-state index in [4.69, 9.17) is 4.74 Å². The Balaban J connectivity index is 2.41. The van der Waals surface area contributed by atoms with Crippen molar-refractivity contribution in [2.24, 2.45) is 5.92 Å². The zero-order chi connectivity index (χ0) is 9.35. The van der Waals surface area contributed by atoms with Gasteiger partial charge in [-0.1, -0.05) is 0 Å². The van der Waals surface area contributed by atoms with Crippen LogP contribution < -0.4 is 0 Å². The van der Waals surface area contributed by atoms with Crippen LogP contribution in [0.4, 0.5) is 0 Å². The summed E-state index contributed by atoms with van der Waals surface area (Å²) in [7, 11) is 0. The molecule has 0 amide bonds. The van der Waals surface area contributed by atoms with Crippen molar-refractivity contribution < 1.29 is 14.3 Å². The van der Waals surface area contributed by atoms with Crippen LogP contribution in [0.2, 0.25) is 0 Å². The van der Waals surface area contributed by atoms with Crippen LogP contribution in [0.25, 0.3) is 0 Å². The third-order valence-electron chi connectivity index (χ3n) is 2.27. The first-order valence-electron chi connectivity index (χ1n) is 4.16. The molecule has 0 N–H and O–H groups in total. The molecule has 0 aromatic rings. The molecule has 0 aromatic carbocycles. The number of esters is 1. The number of ether oxygens (including phenoxy) is 1. The molecule has 12 heavy (non-hydrogen) atoms. The van der Waals surface area contributed by atoms with Gasteiger partial charge in [0.05, 0.1) is 5.92 Å². The first-order chi connectivity index (χ1) is 5.43. The predicted molar refractivity (Wildman–Crippen MR) is 43.6 cm³/mol. The summed E-state index contributed by atoms with van der Waals surface area (Å²) < 4.78 is 4.92. The van der Waals surface area contributed by atoms with Crippen LogP contribution in [0.3, 0.4) is 0 Å². The Morgan fingerprint density at radius 1 is 1.58 bits per heavy atom. The Bertz CT molecular complexity index is 218. The summed E-state index contributed by atoms with van der Waals surface area (Å²) in [5, 5.41) is 0. The van der Waals surface area contributed by atoms with Crippen LogP contribution in [0.5, 0.6) is 0 Å². The van der Waals surface area contributed by atoms with Gasteiger partial charge in [0, 0.05) is 6.42 Å². The highest BCUT2D eigenvalue weighted by Crippen LogP contribution is 2.36. The molecule has 0 aromatic heterocycles. The smallest absolute Gasteiger partial charge is 0.313 e. The largest absolute Gasteiger partial charge is 0.458 e. The lowest BCUT2D eigenvalue weighted by Gasteiger charge is -2.42. The molecule has 1 saturated heterocycles. The Kier molecular flexibility index (Phi) is 2.22. The van der Waals surface area contributed by atoms with E-state index in [1.54, 1.807) is 0 Å².